The number of amides is 2. The maximum Gasteiger partial charge on any atom is 0.247 e. The van der Waals surface area contributed by atoms with E-state index in [0.29, 0.717) is 13.0 Å². The van der Waals surface area contributed by atoms with Crippen LogP contribution in [0.25, 0.3) is 6.08 Å². The molecule has 2 amide bonds. The maximum atomic E-state index is 12.3. The van der Waals surface area contributed by atoms with Gasteiger partial charge < -0.3 is 15.5 Å². The van der Waals surface area contributed by atoms with E-state index in [1.807, 2.05) is 54.6 Å². The second-order valence-corrected chi connectivity index (χ2v) is 6.36. The average Bonchev–Trinajstić information content (AvgIpc) is 3.05. The SMILES string of the molecule is O=C(C=Cc1ccccc1)NC1CC2C(=O)Nc3ccccc3N2C1. The van der Waals surface area contributed by atoms with Crippen molar-refractivity contribution >= 4 is 29.3 Å². The van der Waals surface area contributed by atoms with Crippen molar-refractivity contribution in [3.8, 4) is 0 Å². The van der Waals surface area contributed by atoms with Gasteiger partial charge in [-0.25, -0.2) is 0 Å². The van der Waals surface area contributed by atoms with Crippen LogP contribution in [0.2, 0.25) is 0 Å². The van der Waals surface area contributed by atoms with Gasteiger partial charge in [-0.15, -0.1) is 0 Å². The summed E-state index contributed by atoms with van der Waals surface area (Å²) in [7, 11) is 0. The third kappa shape index (κ3) is 3.13. The van der Waals surface area contributed by atoms with Gasteiger partial charge in [0, 0.05) is 18.7 Å². The number of benzene rings is 2. The molecule has 0 spiro atoms. The van der Waals surface area contributed by atoms with Gasteiger partial charge in [-0.1, -0.05) is 42.5 Å². The number of rotatable bonds is 3. The zero-order chi connectivity index (χ0) is 17.2. The third-order valence-electron chi connectivity index (χ3n) is 4.65. The Balaban J connectivity index is 1.43. The number of fused-ring (bicyclic) bond motifs is 3. The van der Waals surface area contributed by atoms with E-state index in [9.17, 15) is 9.59 Å². The molecule has 0 bridgehead atoms. The van der Waals surface area contributed by atoms with Crippen LogP contribution in [0, 0.1) is 0 Å². The zero-order valence-corrected chi connectivity index (χ0v) is 13.7. The van der Waals surface area contributed by atoms with Crippen LogP contribution in [0.1, 0.15) is 12.0 Å². The highest BCUT2D eigenvalue weighted by atomic mass is 16.2. The van der Waals surface area contributed by atoms with Crippen LogP contribution >= 0.6 is 0 Å². The summed E-state index contributed by atoms with van der Waals surface area (Å²) in [5, 5.41) is 5.95. The lowest BCUT2D eigenvalue weighted by Gasteiger charge is -2.32. The van der Waals surface area contributed by atoms with Gasteiger partial charge in [0.25, 0.3) is 0 Å². The van der Waals surface area contributed by atoms with Crippen LogP contribution < -0.4 is 15.5 Å². The summed E-state index contributed by atoms with van der Waals surface area (Å²) < 4.78 is 0. The van der Waals surface area contributed by atoms with Gasteiger partial charge in [-0.2, -0.15) is 0 Å². The van der Waals surface area contributed by atoms with E-state index < -0.39 is 0 Å². The zero-order valence-electron chi connectivity index (χ0n) is 13.7. The minimum Gasteiger partial charge on any atom is -0.356 e. The Hall–Kier alpha value is -3.08. The number of nitrogens with zero attached hydrogens (tertiary/aromatic N) is 1. The molecule has 5 heteroatoms. The number of nitrogens with one attached hydrogen (secondary N) is 2. The number of carbonyl (C=O) groups excluding carboxylic acids is 2. The Morgan fingerprint density at radius 3 is 2.72 bits per heavy atom. The highest BCUT2D eigenvalue weighted by molar-refractivity contribution is 6.04. The fourth-order valence-corrected chi connectivity index (χ4v) is 3.49. The summed E-state index contributed by atoms with van der Waals surface area (Å²) in [5.74, 6) is -0.141. The summed E-state index contributed by atoms with van der Waals surface area (Å²) in [6, 6.07) is 17.2. The molecule has 5 nitrogen and oxygen atoms in total. The lowest BCUT2D eigenvalue weighted by atomic mass is 10.1. The van der Waals surface area contributed by atoms with Crippen LogP contribution in [0.15, 0.2) is 60.7 Å². The number of carbonyl (C=O) groups is 2. The second kappa shape index (κ2) is 6.43. The first kappa shape index (κ1) is 15.4. The predicted molar refractivity (Wildman–Crippen MR) is 98.2 cm³/mol. The van der Waals surface area contributed by atoms with Crippen LogP contribution in [0.4, 0.5) is 11.4 Å². The molecule has 2 aliphatic rings. The number of anilines is 2. The van der Waals surface area contributed by atoms with E-state index in [4.69, 9.17) is 0 Å². The van der Waals surface area contributed by atoms with Gasteiger partial charge in [0.15, 0.2) is 0 Å². The monoisotopic (exact) mass is 333 g/mol. The molecule has 2 aliphatic heterocycles. The van der Waals surface area contributed by atoms with Gasteiger partial charge in [-0.05, 0) is 30.2 Å². The lowest BCUT2D eigenvalue weighted by Crippen LogP contribution is -2.43. The van der Waals surface area contributed by atoms with Crippen molar-refractivity contribution in [2.75, 3.05) is 16.8 Å². The molecule has 4 rings (SSSR count). The van der Waals surface area contributed by atoms with E-state index in [0.717, 1.165) is 16.9 Å². The largest absolute Gasteiger partial charge is 0.356 e. The van der Waals surface area contributed by atoms with Gasteiger partial charge >= 0.3 is 0 Å². The average molecular weight is 333 g/mol. The molecule has 2 heterocycles. The molecule has 1 saturated heterocycles. The van der Waals surface area contributed by atoms with E-state index in [1.54, 1.807) is 12.2 Å². The Labute approximate surface area is 146 Å². The summed E-state index contributed by atoms with van der Waals surface area (Å²) in [6.07, 6.45) is 3.95. The van der Waals surface area contributed by atoms with Crippen LogP contribution in [-0.4, -0.2) is 30.4 Å². The maximum absolute atomic E-state index is 12.3. The number of hydrogen-bond acceptors (Lipinski definition) is 3. The number of para-hydroxylation sites is 2. The van der Waals surface area contributed by atoms with Crippen molar-refractivity contribution in [2.45, 2.75) is 18.5 Å². The van der Waals surface area contributed by atoms with E-state index >= 15 is 0 Å². The normalized spacial score (nSPS) is 21.6. The smallest absolute Gasteiger partial charge is 0.247 e. The summed E-state index contributed by atoms with van der Waals surface area (Å²) in [4.78, 5) is 26.6. The summed E-state index contributed by atoms with van der Waals surface area (Å²) >= 11 is 0. The van der Waals surface area contributed by atoms with Crippen LogP contribution in [0.3, 0.4) is 0 Å². The van der Waals surface area contributed by atoms with E-state index in [1.165, 1.54) is 0 Å². The molecule has 2 aromatic rings. The minimum absolute atomic E-state index is 0.00437. The fourth-order valence-electron chi connectivity index (χ4n) is 3.49. The van der Waals surface area contributed by atoms with Crippen molar-refractivity contribution in [1.82, 2.24) is 5.32 Å². The summed E-state index contributed by atoms with van der Waals surface area (Å²) in [5.41, 5.74) is 2.83. The predicted octanol–water partition coefficient (Wildman–Crippen LogP) is 2.42. The molecule has 0 aromatic heterocycles. The highest BCUT2D eigenvalue weighted by Gasteiger charge is 2.41. The lowest BCUT2D eigenvalue weighted by molar-refractivity contribution is -0.118. The Bertz CT molecular complexity index is 832. The van der Waals surface area contributed by atoms with Gasteiger partial charge in [0.05, 0.1) is 11.4 Å². The highest BCUT2D eigenvalue weighted by Crippen LogP contribution is 2.36. The molecule has 2 N–H and O–H groups in total. The van der Waals surface area contributed by atoms with E-state index in [-0.39, 0.29) is 23.9 Å². The van der Waals surface area contributed by atoms with Crippen molar-refractivity contribution in [3.63, 3.8) is 0 Å². The van der Waals surface area contributed by atoms with Gasteiger partial charge in [0.2, 0.25) is 11.8 Å². The van der Waals surface area contributed by atoms with Crippen molar-refractivity contribution in [1.29, 1.82) is 0 Å². The van der Waals surface area contributed by atoms with Gasteiger partial charge in [0.1, 0.15) is 6.04 Å². The number of hydrogen-bond donors (Lipinski definition) is 2. The molecule has 0 saturated carbocycles. The van der Waals surface area contributed by atoms with Crippen molar-refractivity contribution < 1.29 is 9.59 Å². The van der Waals surface area contributed by atoms with Crippen LogP contribution in [0.5, 0.6) is 0 Å². The Kier molecular flexibility index (Phi) is 3.98. The standard InChI is InChI=1S/C20H19N3O2/c24-19(11-10-14-6-2-1-3-7-14)21-15-12-18-20(25)22-16-8-4-5-9-17(16)23(18)13-15/h1-11,15,18H,12-13H2,(H,21,24)(H,22,25). The molecule has 2 unspecified atom stereocenters. The molecule has 25 heavy (non-hydrogen) atoms. The van der Waals surface area contributed by atoms with Crippen molar-refractivity contribution in [2.24, 2.45) is 0 Å². The molecule has 0 aliphatic carbocycles. The first-order chi connectivity index (χ1) is 12.2. The molecule has 1 fully saturated rings. The Morgan fingerprint density at radius 1 is 1.12 bits per heavy atom. The molecule has 2 atom stereocenters. The summed E-state index contributed by atoms with van der Waals surface area (Å²) in [6.45, 7) is 0.639. The first-order valence-electron chi connectivity index (χ1n) is 8.41. The molecule has 0 radical (unpaired) electrons. The van der Waals surface area contributed by atoms with Gasteiger partial charge in [-0.3, -0.25) is 9.59 Å². The molecule has 2 aromatic carbocycles. The fraction of sp³-hybridized carbons (Fsp3) is 0.200. The van der Waals surface area contributed by atoms with E-state index in [2.05, 4.69) is 15.5 Å². The molecule has 126 valence electrons. The first-order valence-corrected chi connectivity index (χ1v) is 8.41. The quantitative estimate of drug-likeness (QED) is 0.848. The van der Waals surface area contributed by atoms with Crippen molar-refractivity contribution in [3.05, 3.63) is 66.2 Å². The second-order valence-electron chi connectivity index (χ2n) is 6.36. The minimum atomic E-state index is -0.224. The Morgan fingerprint density at radius 2 is 1.88 bits per heavy atom. The third-order valence-corrected chi connectivity index (χ3v) is 4.65. The molecular weight excluding hydrogens is 314 g/mol. The topological polar surface area (TPSA) is 61.4 Å². The van der Waals surface area contributed by atoms with Crippen LogP contribution in [-0.2, 0) is 9.59 Å². The molecular formula is C20H19N3O2.